The van der Waals surface area contributed by atoms with Crippen LogP contribution in [0.2, 0.25) is 0 Å². The summed E-state index contributed by atoms with van der Waals surface area (Å²) >= 11 is 0. The van der Waals surface area contributed by atoms with Crippen LogP contribution in [0.5, 0.6) is 0 Å². The Hall–Kier alpha value is -1.64. The van der Waals surface area contributed by atoms with Crippen molar-refractivity contribution in [1.82, 2.24) is 4.98 Å². The highest BCUT2D eigenvalue weighted by atomic mass is 16.5. The van der Waals surface area contributed by atoms with E-state index in [4.69, 9.17) is 4.74 Å². The molecule has 1 fully saturated rings. The Morgan fingerprint density at radius 3 is 2.62 bits per heavy atom. The van der Waals surface area contributed by atoms with E-state index >= 15 is 0 Å². The van der Waals surface area contributed by atoms with E-state index in [1.54, 1.807) is 0 Å². The minimum absolute atomic E-state index is 0.0176. The largest absolute Gasteiger partial charge is 0.465 e. The number of nitrogens with zero attached hydrogens (tertiary/aromatic N) is 1. The molecule has 3 nitrogen and oxygen atoms in total. The van der Waals surface area contributed by atoms with Crippen molar-refractivity contribution in [2.24, 2.45) is 17.3 Å². The number of hydrogen-bond donors (Lipinski definition) is 0. The van der Waals surface area contributed by atoms with Crippen LogP contribution in [0.4, 0.5) is 0 Å². The van der Waals surface area contributed by atoms with Crippen molar-refractivity contribution in [1.29, 1.82) is 0 Å². The van der Waals surface area contributed by atoms with Crippen molar-refractivity contribution in [3.8, 4) is 0 Å². The molecular weight excluding hydrogens is 298 g/mol. The first kappa shape index (κ1) is 18.7. The van der Waals surface area contributed by atoms with Crippen LogP contribution in [0, 0.1) is 17.3 Å². The van der Waals surface area contributed by atoms with E-state index in [1.807, 2.05) is 18.3 Å². The average molecular weight is 329 g/mol. The SMILES string of the molecule is CC(C)=CC1C(C(=O)OCCCCCCc2ccccn2)C1(C)C. The lowest BCUT2D eigenvalue weighted by Gasteiger charge is -2.06. The van der Waals surface area contributed by atoms with Crippen LogP contribution in [-0.2, 0) is 16.0 Å². The van der Waals surface area contributed by atoms with Gasteiger partial charge in [0.2, 0.25) is 0 Å². The Balaban J connectivity index is 1.56. The van der Waals surface area contributed by atoms with Crippen molar-refractivity contribution < 1.29 is 9.53 Å². The second-order valence-electron chi connectivity index (χ2n) is 7.72. The van der Waals surface area contributed by atoms with Crippen molar-refractivity contribution >= 4 is 5.97 Å². The fourth-order valence-electron chi connectivity index (χ4n) is 3.37. The minimum Gasteiger partial charge on any atom is -0.465 e. The number of unbranched alkanes of at least 4 members (excludes halogenated alkanes) is 3. The lowest BCUT2D eigenvalue weighted by molar-refractivity contribution is -0.146. The molecule has 1 heterocycles. The molecule has 1 aromatic rings. The zero-order valence-electron chi connectivity index (χ0n) is 15.5. The van der Waals surface area contributed by atoms with E-state index < -0.39 is 0 Å². The van der Waals surface area contributed by atoms with E-state index in [0.29, 0.717) is 12.5 Å². The van der Waals surface area contributed by atoms with Crippen molar-refractivity contribution in [2.45, 2.75) is 59.8 Å². The number of esters is 1. The molecule has 0 spiro atoms. The van der Waals surface area contributed by atoms with Crippen LogP contribution >= 0.6 is 0 Å². The standard InChI is InChI=1S/C21H31NO2/c1-16(2)15-18-19(21(18,3)4)20(23)24-14-10-6-5-7-11-17-12-8-9-13-22-17/h8-9,12-13,15,18-19H,5-7,10-11,14H2,1-4H3. The van der Waals surface area contributed by atoms with E-state index in [1.165, 1.54) is 5.57 Å². The van der Waals surface area contributed by atoms with Crippen LogP contribution in [0.15, 0.2) is 36.0 Å². The summed E-state index contributed by atoms with van der Waals surface area (Å²) in [6.45, 7) is 9.03. The molecule has 1 saturated carbocycles. The minimum atomic E-state index is -0.0176. The maximum Gasteiger partial charge on any atom is 0.310 e. The van der Waals surface area contributed by atoms with E-state index in [-0.39, 0.29) is 17.3 Å². The lowest BCUT2D eigenvalue weighted by Crippen LogP contribution is -2.11. The summed E-state index contributed by atoms with van der Waals surface area (Å²) in [6.07, 6.45) is 9.44. The van der Waals surface area contributed by atoms with E-state index in [9.17, 15) is 4.79 Å². The van der Waals surface area contributed by atoms with Crippen LogP contribution in [0.3, 0.4) is 0 Å². The second-order valence-corrected chi connectivity index (χ2v) is 7.72. The molecule has 2 atom stereocenters. The third-order valence-electron chi connectivity index (χ3n) is 4.98. The van der Waals surface area contributed by atoms with Gasteiger partial charge in [0.1, 0.15) is 0 Å². The first-order valence-corrected chi connectivity index (χ1v) is 9.14. The van der Waals surface area contributed by atoms with Gasteiger partial charge in [0.05, 0.1) is 12.5 Å². The number of pyridine rings is 1. The van der Waals surface area contributed by atoms with E-state index in [2.05, 4.69) is 44.8 Å². The van der Waals surface area contributed by atoms with Crippen molar-refractivity contribution in [2.75, 3.05) is 6.61 Å². The molecule has 1 aromatic heterocycles. The molecule has 1 aliphatic rings. The summed E-state index contributed by atoms with van der Waals surface area (Å²) in [5, 5.41) is 0. The quantitative estimate of drug-likeness (QED) is 0.365. The van der Waals surface area contributed by atoms with Gasteiger partial charge in [-0.15, -0.1) is 0 Å². The highest BCUT2D eigenvalue weighted by molar-refractivity contribution is 5.78. The molecule has 0 aliphatic heterocycles. The zero-order chi connectivity index (χ0) is 17.6. The first-order valence-electron chi connectivity index (χ1n) is 9.14. The highest BCUT2D eigenvalue weighted by Gasteiger charge is 2.61. The number of aromatic nitrogens is 1. The molecule has 0 aromatic carbocycles. The van der Waals surface area contributed by atoms with Gasteiger partial charge in [-0.25, -0.2) is 0 Å². The predicted molar refractivity (Wildman–Crippen MR) is 97.6 cm³/mol. The molecule has 0 amide bonds. The number of rotatable bonds is 9. The van der Waals surface area contributed by atoms with Crippen LogP contribution < -0.4 is 0 Å². The number of allylic oxidation sites excluding steroid dienone is 2. The molecule has 0 N–H and O–H groups in total. The smallest absolute Gasteiger partial charge is 0.310 e. The number of aryl methyl sites for hydroxylation is 1. The van der Waals surface area contributed by atoms with Gasteiger partial charge < -0.3 is 4.74 Å². The maximum atomic E-state index is 12.2. The Bertz CT molecular complexity index is 558. The number of ether oxygens (including phenoxy) is 1. The Kier molecular flexibility index (Phi) is 6.59. The predicted octanol–water partition coefficient (Wildman–Crippen LogP) is 4.97. The fourth-order valence-corrected chi connectivity index (χ4v) is 3.37. The van der Waals surface area contributed by atoms with E-state index in [0.717, 1.165) is 37.8 Å². The van der Waals surface area contributed by atoms with Gasteiger partial charge in [0.25, 0.3) is 0 Å². The van der Waals surface area contributed by atoms with Crippen LogP contribution in [0.25, 0.3) is 0 Å². The highest BCUT2D eigenvalue weighted by Crippen LogP contribution is 2.59. The molecule has 132 valence electrons. The number of hydrogen-bond acceptors (Lipinski definition) is 3. The average Bonchev–Trinajstić information content (AvgIpc) is 3.07. The third kappa shape index (κ3) is 5.19. The first-order chi connectivity index (χ1) is 11.4. The van der Waals surface area contributed by atoms with Crippen molar-refractivity contribution in [3.05, 3.63) is 41.7 Å². The number of carbonyl (C=O) groups is 1. The molecule has 2 unspecified atom stereocenters. The van der Waals surface area contributed by atoms with Crippen LogP contribution in [-0.4, -0.2) is 17.6 Å². The normalized spacial score (nSPS) is 21.2. The molecule has 2 rings (SSSR count). The molecule has 0 bridgehead atoms. The van der Waals surface area contributed by atoms with Gasteiger partial charge in [-0.2, -0.15) is 0 Å². The molecule has 3 heteroatoms. The summed E-state index contributed by atoms with van der Waals surface area (Å²) < 4.78 is 5.50. The monoisotopic (exact) mass is 329 g/mol. The topological polar surface area (TPSA) is 39.2 Å². The third-order valence-corrected chi connectivity index (χ3v) is 4.98. The Labute approximate surface area is 146 Å². The summed E-state index contributed by atoms with van der Waals surface area (Å²) in [5.41, 5.74) is 2.48. The summed E-state index contributed by atoms with van der Waals surface area (Å²) in [5.74, 6) is 0.362. The summed E-state index contributed by atoms with van der Waals surface area (Å²) in [6, 6.07) is 6.05. The van der Waals surface area contributed by atoms with Gasteiger partial charge >= 0.3 is 5.97 Å². The van der Waals surface area contributed by atoms with Gasteiger partial charge in [0, 0.05) is 11.9 Å². The van der Waals surface area contributed by atoms with Gasteiger partial charge in [-0.3, -0.25) is 9.78 Å². The summed E-state index contributed by atoms with van der Waals surface area (Å²) in [7, 11) is 0. The molecular formula is C21H31NO2. The summed E-state index contributed by atoms with van der Waals surface area (Å²) in [4.78, 5) is 16.6. The maximum absolute atomic E-state index is 12.2. The fraction of sp³-hybridized carbons (Fsp3) is 0.619. The van der Waals surface area contributed by atoms with Gasteiger partial charge in [0.15, 0.2) is 0 Å². The number of carbonyl (C=O) groups excluding carboxylic acids is 1. The molecule has 24 heavy (non-hydrogen) atoms. The van der Waals surface area contributed by atoms with Gasteiger partial charge in [-0.1, -0.05) is 44.4 Å². The molecule has 0 radical (unpaired) electrons. The van der Waals surface area contributed by atoms with Crippen LogP contribution in [0.1, 0.15) is 59.1 Å². The molecule has 0 saturated heterocycles. The lowest BCUT2D eigenvalue weighted by atomic mass is 10.1. The second kappa shape index (κ2) is 8.46. The molecule has 1 aliphatic carbocycles. The van der Waals surface area contributed by atoms with Crippen molar-refractivity contribution in [3.63, 3.8) is 0 Å². The Morgan fingerprint density at radius 2 is 1.96 bits per heavy atom. The van der Waals surface area contributed by atoms with Gasteiger partial charge in [-0.05, 0) is 56.6 Å². The zero-order valence-corrected chi connectivity index (χ0v) is 15.5. The Morgan fingerprint density at radius 1 is 1.21 bits per heavy atom.